The summed E-state index contributed by atoms with van der Waals surface area (Å²) in [7, 11) is 0. The van der Waals surface area contributed by atoms with E-state index < -0.39 is 0 Å². The zero-order valence-electron chi connectivity index (χ0n) is 12.1. The molecule has 1 aliphatic carbocycles. The van der Waals surface area contributed by atoms with E-state index in [1.807, 2.05) is 11.3 Å². The minimum atomic E-state index is 0.157. The van der Waals surface area contributed by atoms with E-state index in [1.165, 1.54) is 62.4 Å². The molecule has 3 rings (SSSR count). The SMILES string of the molecule is CCN1CCCC(NC2CC2)(c2nc(C)cs2)CC1. The van der Waals surface area contributed by atoms with Gasteiger partial charge in [-0.05, 0) is 52.1 Å². The second-order valence-electron chi connectivity index (χ2n) is 6.08. The fourth-order valence-electron chi connectivity index (χ4n) is 3.12. The molecule has 2 aliphatic rings. The van der Waals surface area contributed by atoms with E-state index in [0.29, 0.717) is 0 Å². The minimum absolute atomic E-state index is 0.157. The van der Waals surface area contributed by atoms with Gasteiger partial charge in [-0.2, -0.15) is 0 Å². The summed E-state index contributed by atoms with van der Waals surface area (Å²) in [4.78, 5) is 7.40. The smallest absolute Gasteiger partial charge is 0.113 e. The monoisotopic (exact) mass is 279 g/mol. The Morgan fingerprint density at radius 3 is 2.89 bits per heavy atom. The van der Waals surface area contributed by atoms with Crippen LogP contribution in [0.15, 0.2) is 5.38 Å². The Labute approximate surface area is 120 Å². The van der Waals surface area contributed by atoms with Gasteiger partial charge in [-0.15, -0.1) is 11.3 Å². The van der Waals surface area contributed by atoms with Crippen molar-refractivity contribution >= 4 is 11.3 Å². The summed E-state index contributed by atoms with van der Waals surface area (Å²) in [5, 5.41) is 7.47. The molecular formula is C15H25N3S. The lowest BCUT2D eigenvalue weighted by molar-refractivity contribution is 0.261. The molecule has 19 heavy (non-hydrogen) atoms. The lowest BCUT2D eigenvalue weighted by Crippen LogP contribution is -2.44. The van der Waals surface area contributed by atoms with Gasteiger partial charge in [0, 0.05) is 23.7 Å². The molecule has 4 heteroatoms. The molecule has 106 valence electrons. The van der Waals surface area contributed by atoms with Gasteiger partial charge < -0.3 is 10.2 Å². The van der Waals surface area contributed by atoms with Crippen molar-refractivity contribution in [2.45, 2.75) is 57.5 Å². The third kappa shape index (κ3) is 3.01. The number of likely N-dealkylation sites (tertiary alicyclic amines) is 1. The summed E-state index contributed by atoms with van der Waals surface area (Å²) in [5.41, 5.74) is 1.33. The van der Waals surface area contributed by atoms with E-state index in [0.717, 1.165) is 6.04 Å². The van der Waals surface area contributed by atoms with Crippen LogP contribution < -0.4 is 5.32 Å². The largest absolute Gasteiger partial charge is 0.304 e. The summed E-state index contributed by atoms with van der Waals surface area (Å²) in [6.07, 6.45) is 6.44. The fraction of sp³-hybridized carbons (Fsp3) is 0.800. The molecule has 1 aliphatic heterocycles. The highest BCUT2D eigenvalue weighted by Crippen LogP contribution is 2.38. The number of nitrogens with one attached hydrogen (secondary N) is 1. The van der Waals surface area contributed by atoms with Crippen molar-refractivity contribution in [1.29, 1.82) is 0 Å². The number of nitrogens with zero attached hydrogens (tertiary/aromatic N) is 2. The van der Waals surface area contributed by atoms with Crippen molar-refractivity contribution in [3.05, 3.63) is 16.1 Å². The van der Waals surface area contributed by atoms with E-state index >= 15 is 0 Å². The van der Waals surface area contributed by atoms with Crippen LogP contribution in [-0.2, 0) is 5.54 Å². The molecule has 0 aromatic carbocycles. The molecule has 0 amide bonds. The molecule has 1 saturated heterocycles. The van der Waals surface area contributed by atoms with Crippen LogP contribution in [0, 0.1) is 6.92 Å². The Morgan fingerprint density at radius 1 is 1.42 bits per heavy atom. The summed E-state index contributed by atoms with van der Waals surface area (Å²) in [5.74, 6) is 0. The number of aromatic nitrogens is 1. The summed E-state index contributed by atoms with van der Waals surface area (Å²) in [6, 6.07) is 0.748. The molecule has 0 bridgehead atoms. The highest BCUT2D eigenvalue weighted by Gasteiger charge is 2.40. The maximum Gasteiger partial charge on any atom is 0.113 e. The van der Waals surface area contributed by atoms with Gasteiger partial charge in [-0.25, -0.2) is 4.98 Å². The van der Waals surface area contributed by atoms with Gasteiger partial charge in [0.15, 0.2) is 0 Å². The first-order valence-electron chi connectivity index (χ1n) is 7.64. The van der Waals surface area contributed by atoms with Crippen molar-refractivity contribution < 1.29 is 0 Å². The molecule has 3 nitrogen and oxygen atoms in total. The molecule has 2 fully saturated rings. The normalized spacial score (nSPS) is 29.4. The number of hydrogen-bond donors (Lipinski definition) is 1. The van der Waals surface area contributed by atoms with E-state index in [-0.39, 0.29) is 5.54 Å². The molecule has 0 spiro atoms. The van der Waals surface area contributed by atoms with Gasteiger partial charge in [0.25, 0.3) is 0 Å². The lowest BCUT2D eigenvalue weighted by atomic mass is 9.91. The lowest BCUT2D eigenvalue weighted by Gasteiger charge is -2.32. The first-order valence-corrected chi connectivity index (χ1v) is 8.52. The van der Waals surface area contributed by atoms with Gasteiger partial charge in [0.1, 0.15) is 5.01 Å². The predicted molar refractivity (Wildman–Crippen MR) is 80.7 cm³/mol. The number of aryl methyl sites for hydroxylation is 1. The van der Waals surface area contributed by atoms with Crippen LogP contribution in [0.25, 0.3) is 0 Å². The van der Waals surface area contributed by atoms with Crippen LogP contribution in [0.1, 0.15) is 49.7 Å². The van der Waals surface area contributed by atoms with E-state index in [9.17, 15) is 0 Å². The van der Waals surface area contributed by atoms with Crippen LogP contribution >= 0.6 is 11.3 Å². The van der Waals surface area contributed by atoms with Crippen LogP contribution in [0.3, 0.4) is 0 Å². The van der Waals surface area contributed by atoms with E-state index in [4.69, 9.17) is 4.98 Å². The average Bonchev–Trinajstić information content (AvgIpc) is 3.15. The quantitative estimate of drug-likeness (QED) is 0.918. The van der Waals surface area contributed by atoms with Gasteiger partial charge in [-0.3, -0.25) is 0 Å². The Kier molecular flexibility index (Phi) is 3.92. The maximum atomic E-state index is 4.82. The van der Waals surface area contributed by atoms with Crippen LogP contribution in [0.2, 0.25) is 0 Å². The second-order valence-corrected chi connectivity index (χ2v) is 6.94. The minimum Gasteiger partial charge on any atom is -0.304 e. The molecule has 1 aromatic heterocycles. The summed E-state index contributed by atoms with van der Waals surface area (Å²) < 4.78 is 0. The van der Waals surface area contributed by atoms with E-state index in [2.05, 4.69) is 29.4 Å². The molecule has 0 radical (unpaired) electrons. The van der Waals surface area contributed by atoms with Crippen LogP contribution in [0.4, 0.5) is 0 Å². The fourth-order valence-corrected chi connectivity index (χ4v) is 4.14. The zero-order chi connectivity index (χ0) is 13.3. The Balaban J connectivity index is 1.83. The van der Waals surface area contributed by atoms with Crippen molar-refractivity contribution in [2.75, 3.05) is 19.6 Å². The Morgan fingerprint density at radius 2 is 2.26 bits per heavy atom. The maximum absolute atomic E-state index is 4.82. The first-order chi connectivity index (χ1) is 9.22. The predicted octanol–water partition coefficient (Wildman–Crippen LogP) is 2.90. The molecule has 1 aromatic rings. The number of thiazole rings is 1. The molecule has 1 saturated carbocycles. The van der Waals surface area contributed by atoms with Crippen molar-refractivity contribution in [2.24, 2.45) is 0 Å². The molecule has 1 atom stereocenters. The molecule has 1 unspecified atom stereocenters. The highest BCUT2D eigenvalue weighted by molar-refractivity contribution is 7.09. The van der Waals surface area contributed by atoms with Crippen molar-refractivity contribution in [1.82, 2.24) is 15.2 Å². The molecule has 2 heterocycles. The third-order valence-corrected chi connectivity index (χ3v) is 5.63. The summed E-state index contributed by atoms with van der Waals surface area (Å²) >= 11 is 1.85. The molecular weight excluding hydrogens is 254 g/mol. The Bertz CT molecular complexity index is 427. The Hall–Kier alpha value is -0.450. The zero-order valence-corrected chi connectivity index (χ0v) is 12.9. The van der Waals surface area contributed by atoms with Gasteiger partial charge in [-0.1, -0.05) is 6.92 Å². The topological polar surface area (TPSA) is 28.2 Å². The summed E-state index contributed by atoms with van der Waals surface area (Å²) in [6.45, 7) is 8.01. The van der Waals surface area contributed by atoms with E-state index in [1.54, 1.807) is 0 Å². The number of hydrogen-bond acceptors (Lipinski definition) is 4. The van der Waals surface area contributed by atoms with Crippen molar-refractivity contribution in [3.8, 4) is 0 Å². The number of rotatable bonds is 4. The second kappa shape index (κ2) is 5.51. The first kappa shape index (κ1) is 13.5. The van der Waals surface area contributed by atoms with Crippen molar-refractivity contribution in [3.63, 3.8) is 0 Å². The standard InChI is InChI=1S/C15H25N3S/c1-3-18-9-4-7-15(8-10-18,17-13-5-6-13)14-16-12(2)11-19-14/h11,13,17H,3-10H2,1-2H3. The van der Waals surface area contributed by atoms with Gasteiger partial charge >= 0.3 is 0 Å². The average molecular weight is 279 g/mol. The highest BCUT2D eigenvalue weighted by atomic mass is 32.1. The van der Waals surface area contributed by atoms with Crippen LogP contribution in [-0.4, -0.2) is 35.6 Å². The third-order valence-electron chi connectivity index (χ3n) is 4.47. The molecule has 1 N–H and O–H groups in total. The van der Waals surface area contributed by atoms with Gasteiger partial charge in [0.2, 0.25) is 0 Å². The van der Waals surface area contributed by atoms with Crippen LogP contribution in [0.5, 0.6) is 0 Å². The van der Waals surface area contributed by atoms with Gasteiger partial charge in [0.05, 0.1) is 5.54 Å².